The second kappa shape index (κ2) is 5.92. The van der Waals surface area contributed by atoms with Gasteiger partial charge in [0.15, 0.2) is 10.8 Å². The van der Waals surface area contributed by atoms with Gasteiger partial charge in [-0.05, 0) is 56.4 Å². The fourth-order valence-corrected chi connectivity index (χ4v) is 4.22. The van der Waals surface area contributed by atoms with Crippen molar-refractivity contribution in [3.8, 4) is 11.5 Å². The van der Waals surface area contributed by atoms with Crippen LogP contribution in [0.5, 0.6) is 11.5 Å². The van der Waals surface area contributed by atoms with Gasteiger partial charge in [-0.15, -0.1) is 0 Å². The van der Waals surface area contributed by atoms with E-state index in [-0.39, 0.29) is 12.0 Å². The Morgan fingerprint density at radius 2 is 1.92 bits per heavy atom. The summed E-state index contributed by atoms with van der Waals surface area (Å²) in [5.41, 5.74) is 1.61. The number of anilines is 1. The molecule has 0 amide bonds. The fourth-order valence-electron chi connectivity index (χ4n) is 3.81. The molecule has 0 aliphatic carbocycles. The third kappa shape index (κ3) is 2.45. The molecule has 2 heterocycles. The maximum absolute atomic E-state index is 6.48. The largest absolute Gasteiger partial charge is 0.494 e. The first-order valence-electron chi connectivity index (χ1n) is 8.66. The number of para-hydroxylation sites is 1. The molecule has 2 aromatic rings. The first-order valence-corrected chi connectivity index (χ1v) is 9.07. The number of benzene rings is 2. The summed E-state index contributed by atoms with van der Waals surface area (Å²) in [7, 11) is 0. The van der Waals surface area contributed by atoms with E-state index in [1.54, 1.807) is 0 Å². The monoisotopic (exact) mass is 354 g/mol. The van der Waals surface area contributed by atoms with Crippen molar-refractivity contribution in [3.05, 3.63) is 54.1 Å². The highest BCUT2D eigenvalue weighted by Gasteiger charge is 2.53. The number of nitrogens with zero attached hydrogens (tertiary/aromatic N) is 1. The van der Waals surface area contributed by atoms with Crippen LogP contribution in [-0.2, 0) is 0 Å². The van der Waals surface area contributed by atoms with Crippen LogP contribution in [0.2, 0.25) is 0 Å². The second-order valence-corrected chi connectivity index (χ2v) is 7.06. The molecule has 130 valence electrons. The lowest BCUT2D eigenvalue weighted by Gasteiger charge is -2.56. The van der Waals surface area contributed by atoms with Crippen LogP contribution in [0.4, 0.5) is 5.69 Å². The van der Waals surface area contributed by atoms with E-state index in [4.69, 9.17) is 21.7 Å². The first kappa shape index (κ1) is 16.2. The quantitative estimate of drug-likeness (QED) is 0.833. The molecule has 0 unspecified atom stereocenters. The van der Waals surface area contributed by atoms with Gasteiger partial charge in [0.2, 0.25) is 0 Å². The topological polar surface area (TPSA) is 33.7 Å². The number of fused-ring (bicyclic) bond motifs is 4. The number of ether oxygens (including phenoxy) is 2. The van der Waals surface area contributed by atoms with Crippen LogP contribution in [0.3, 0.4) is 0 Å². The van der Waals surface area contributed by atoms with Crippen LogP contribution < -0.4 is 19.7 Å². The molecule has 5 heteroatoms. The molecule has 0 aromatic heterocycles. The summed E-state index contributed by atoms with van der Waals surface area (Å²) in [4.78, 5) is 2.08. The zero-order valence-corrected chi connectivity index (χ0v) is 15.5. The zero-order valence-electron chi connectivity index (χ0n) is 14.7. The van der Waals surface area contributed by atoms with E-state index < -0.39 is 5.72 Å². The summed E-state index contributed by atoms with van der Waals surface area (Å²) in [6.07, 6.45) is 0. The lowest BCUT2D eigenvalue weighted by molar-refractivity contribution is -0.00317. The first-order chi connectivity index (χ1) is 12.0. The smallest absolute Gasteiger partial charge is 0.190 e. The minimum Gasteiger partial charge on any atom is -0.494 e. The molecule has 3 atom stereocenters. The van der Waals surface area contributed by atoms with Crippen LogP contribution in [-0.4, -0.2) is 17.4 Å². The third-order valence-electron chi connectivity index (χ3n) is 5.25. The van der Waals surface area contributed by atoms with Gasteiger partial charge in [0.25, 0.3) is 0 Å². The van der Waals surface area contributed by atoms with E-state index in [2.05, 4.69) is 30.1 Å². The van der Waals surface area contributed by atoms with E-state index in [0.29, 0.717) is 11.7 Å². The van der Waals surface area contributed by atoms with Crippen molar-refractivity contribution in [3.63, 3.8) is 0 Å². The molecule has 0 spiro atoms. The van der Waals surface area contributed by atoms with E-state index in [1.807, 2.05) is 49.4 Å². The Hall–Kier alpha value is -2.27. The molecular weight excluding hydrogens is 332 g/mol. The predicted octanol–water partition coefficient (Wildman–Crippen LogP) is 4.27. The van der Waals surface area contributed by atoms with Crippen molar-refractivity contribution in [2.24, 2.45) is 5.92 Å². The Morgan fingerprint density at radius 3 is 2.64 bits per heavy atom. The highest BCUT2D eigenvalue weighted by atomic mass is 32.1. The Morgan fingerprint density at radius 1 is 1.20 bits per heavy atom. The van der Waals surface area contributed by atoms with Crippen molar-refractivity contribution < 1.29 is 9.47 Å². The van der Waals surface area contributed by atoms with Gasteiger partial charge in [-0.3, -0.25) is 4.90 Å². The van der Waals surface area contributed by atoms with E-state index in [9.17, 15) is 0 Å². The van der Waals surface area contributed by atoms with Gasteiger partial charge in [0.05, 0.1) is 12.6 Å². The molecule has 1 N–H and O–H groups in total. The summed E-state index contributed by atoms with van der Waals surface area (Å²) < 4.78 is 12.0. The molecule has 2 aromatic carbocycles. The molecule has 2 aliphatic rings. The highest BCUT2D eigenvalue weighted by molar-refractivity contribution is 7.80. The lowest BCUT2D eigenvalue weighted by atomic mass is 9.81. The molecule has 0 radical (unpaired) electrons. The Labute approximate surface area is 153 Å². The summed E-state index contributed by atoms with van der Waals surface area (Å²) in [5.74, 6) is 1.99. The molecular formula is C20H22N2O2S. The van der Waals surface area contributed by atoms with Crippen molar-refractivity contribution in [2.45, 2.75) is 32.5 Å². The number of hydrogen-bond acceptors (Lipinski definition) is 3. The normalized spacial score (nSPS) is 27.2. The summed E-state index contributed by atoms with van der Waals surface area (Å²) in [6.45, 7) is 6.95. The summed E-state index contributed by atoms with van der Waals surface area (Å²) in [6, 6.07) is 16.3. The molecule has 2 aliphatic heterocycles. The SMILES string of the molecule is CCOc1ccc(N2C(=S)N[C@H]3c4ccccc4O[C@@]2(C)[C@H]3C)cc1. The average molecular weight is 354 g/mol. The standard InChI is InChI=1S/C20H22N2O2S/c1-4-23-15-11-9-14(10-12-15)22-19(25)21-18-13(2)20(22,3)24-17-8-6-5-7-16(17)18/h5-13,18H,4H2,1-3H3,(H,21,25)/t13-,18+,20-/m0/s1. The van der Waals surface area contributed by atoms with Crippen LogP contribution in [0, 0.1) is 5.92 Å². The maximum Gasteiger partial charge on any atom is 0.190 e. The van der Waals surface area contributed by atoms with Gasteiger partial charge in [0.1, 0.15) is 11.5 Å². The van der Waals surface area contributed by atoms with Gasteiger partial charge in [-0.1, -0.05) is 25.1 Å². The summed E-state index contributed by atoms with van der Waals surface area (Å²) in [5, 5.41) is 4.20. The molecule has 1 fully saturated rings. The third-order valence-corrected chi connectivity index (χ3v) is 5.55. The second-order valence-electron chi connectivity index (χ2n) is 6.67. The van der Waals surface area contributed by atoms with Gasteiger partial charge >= 0.3 is 0 Å². The van der Waals surface area contributed by atoms with E-state index in [0.717, 1.165) is 17.2 Å². The Bertz CT molecular complexity index is 808. The number of thiocarbonyl (C=S) groups is 1. The van der Waals surface area contributed by atoms with Crippen molar-refractivity contribution in [2.75, 3.05) is 11.5 Å². The summed E-state index contributed by atoms with van der Waals surface area (Å²) >= 11 is 5.71. The number of rotatable bonds is 3. The lowest BCUT2D eigenvalue weighted by Crippen LogP contribution is -2.69. The average Bonchev–Trinajstić information content (AvgIpc) is 2.60. The zero-order chi connectivity index (χ0) is 17.6. The minimum absolute atomic E-state index is 0.154. The van der Waals surface area contributed by atoms with Crippen molar-refractivity contribution in [1.82, 2.24) is 5.32 Å². The fraction of sp³-hybridized carbons (Fsp3) is 0.350. The number of nitrogens with one attached hydrogen (secondary N) is 1. The van der Waals surface area contributed by atoms with Gasteiger partial charge in [-0.2, -0.15) is 0 Å². The maximum atomic E-state index is 6.48. The molecule has 4 nitrogen and oxygen atoms in total. The van der Waals surface area contributed by atoms with Gasteiger partial charge in [0, 0.05) is 17.2 Å². The Kier molecular flexibility index (Phi) is 3.84. The van der Waals surface area contributed by atoms with E-state index in [1.165, 1.54) is 5.56 Å². The van der Waals surface area contributed by atoms with Crippen LogP contribution in [0.15, 0.2) is 48.5 Å². The van der Waals surface area contributed by atoms with Crippen molar-refractivity contribution >= 4 is 23.0 Å². The van der Waals surface area contributed by atoms with Crippen molar-refractivity contribution in [1.29, 1.82) is 0 Å². The minimum atomic E-state index is -0.547. The van der Waals surface area contributed by atoms with Crippen LogP contribution in [0.25, 0.3) is 0 Å². The van der Waals surface area contributed by atoms with E-state index >= 15 is 0 Å². The van der Waals surface area contributed by atoms with Gasteiger partial charge < -0.3 is 14.8 Å². The van der Waals surface area contributed by atoms with Gasteiger partial charge in [-0.25, -0.2) is 0 Å². The molecule has 25 heavy (non-hydrogen) atoms. The molecule has 4 rings (SSSR count). The molecule has 1 saturated heterocycles. The van der Waals surface area contributed by atoms with Crippen LogP contribution >= 0.6 is 12.2 Å². The number of hydrogen-bond donors (Lipinski definition) is 1. The Balaban J connectivity index is 1.76. The predicted molar refractivity (Wildman–Crippen MR) is 103 cm³/mol. The highest BCUT2D eigenvalue weighted by Crippen LogP contribution is 2.49. The molecule has 0 saturated carbocycles. The van der Waals surface area contributed by atoms with Crippen LogP contribution in [0.1, 0.15) is 32.4 Å². The molecule has 2 bridgehead atoms.